The number of hydrogen-bond acceptors (Lipinski definition) is 6. The Morgan fingerprint density at radius 2 is 1.94 bits per heavy atom. The molecule has 0 bridgehead atoms. The van der Waals surface area contributed by atoms with Gasteiger partial charge in [0.25, 0.3) is 0 Å². The second-order valence-electron chi connectivity index (χ2n) is 4.80. The van der Waals surface area contributed by atoms with E-state index in [9.17, 15) is 8.42 Å². The first-order valence-corrected chi connectivity index (χ1v) is 7.79. The SMILES string of the molecule is C[C@@H]1CN(c2ncc(S(C)(=O)=O)cn2)[C@@H](C)CN1. The normalized spacial score (nSPS) is 25.2. The van der Waals surface area contributed by atoms with Gasteiger partial charge in [-0.3, -0.25) is 0 Å². The summed E-state index contributed by atoms with van der Waals surface area (Å²) in [6.07, 6.45) is 3.90. The maximum absolute atomic E-state index is 11.3. The van der Waals surface area contributed by atoms with E-state index in [4.69, 9.17) is 0 Å². The van der Waals surface area contributed by atoms with E-state index in [1.807, 2.05) is 0 Å². The average molecular weight is 270 g/mol. The van der Waals surface area contributed by atoms with Crippen molar-refractivity contribution < 1.29 is 8.42 Å². The number of piperazine rings is 1. The lowest BCUT2D eigenvalue weighted by Crippen LogP contribution is -2.55. The Morgan fingerprint density at radius 3 is 2.50 bits per heavy atom. The fourth-order valence-corrected chi connectivity index (χ4v) is 2.44. The first kappa shape index (κ1) is 13.2. The minimum Gasteiger partial charge on any atom is -0.335 e. The molecule has 0 amide bonds. The monoisotopic (exact) mass is 270 g/mol. The van der Waals surface area contributed by atoms with E-state index in [-0.39, 0.29) is 4.90 Å². The molecule has 0 aromatic carbocycles. The molecule has 0 saturated carbocycles. The Balaban J connectivity index is 2.23. The van der Waals surface area contributed by atoms with Gasteiger partial charge >= 0.3 is 0 Å². The van der Waals surface area contributed by atoms with Crippen molar-refractivity contribution in [1.82, 2.24) is 15.3 Å². The predicted octanol–water partition coefficient (Wildman–Crippen LogP) is 0.0667. The molecular weight excluding hydrogens is 252 g/mol. The molecule has 0 unspecified atom stereocenters. The lowest BCUT2D eigenvalue weighted by molar-refractivity contribution is 0.419. The maximum Gasteiger partial charge on any atom is 0.225 e. The molecule has 1 saturated heterocycles. The van der Waals surface area contributed by atoms with Crippen molar-refractivity contribution in [2.45, 2.75) is 30.8 Å². The molecule has 1 aromatic rings. The minimum atomic E-state index is -3.23. The summed E-state index contributed by atoms with van der Waals surface area (Å²) in [7, 11) is -3.23. The first-order valence-electron chi connectivity index (χ1n) is 5.90. The third-order valence-corrected chi connectivity index (χ3v) is 4.13. The van der Waals surface area contributed by atoms with Crippen LogP contribution >= 0.6 is 0 Å². The van der Waals surface area contributed by atoms with Gasteiger partial charge < -0.3 is 10.2 Å². The van der Waals surface area contributed by atoms with E-state index in [1.165, 1.54) is 12.4 Å². The van der Waals surface area contributed by atoms with Crippen LogP contribution in [0.5, 0.6) is 0 Å². The van der Waals surface area contributed by atoms with Crippen molar-refractivity contribution in [3.63, 3.8) is 0 Å². The van der Waals surface area contributed by atoms with Gasteiger partial charge in [0.15, 0.2) is 9.84 Å². The van der Waals surface area contributed by atoms with Gasteiger partial charge in [-0.15, -0.1) is 0 Å². The standard InChI is InChI=1S/C11H18N4O2S/c1-8-7-15(9(2)4-12-8)11-13-5-10(6-14-11)18(3,16)17/h5-6,8-9,12H,4,7H2,1-3H3/t8-,9+/m1/s1. The highest BCUT2D eigenvalue weighted by molar-refractivity contribution is 7.90. The van der Waals surface area contributed by atoms with Crippen LogP contribution in [0.4, 0.5) is 5.95 Å². The van der Waals surface area contributed by atoms with Gasteiger partial charge in [0.2, 0.25) is 5.95 Å². The number of aromatic nitrogens is 2. The topological polar surface area (TPSA) is 75.2 Å². The van der Waals surface area contributed by atoms with E-state index < -0.39 is 9.84 Å². The van der Waals surface area contributed by atoms with Crippen molar-refractivity contribution in [2.75, 3.05) is 24.2 Å². The quantitative estimate of drug-likeness (QED) is 0.819. The van der Waals surface area contributed by atoms with Gasteiger partial charge in [0, 0.05) is 31.4 Å². The summed E-state index contributed by atoms with van der Waals surface area (Å²) in [6, 6.07) is 0.671. The highest BCUT2D eigenvalue weighted by Gasteiger charge is 2.24. The molecule has 2 rings (SSSR count). The largest absolute Gasteiger partial charge is 0.335 e. The smallest absolute Gasteiger partial charge is 0.225 e. The zero-order chi connectivity index (χ0) is 13.3. The molecule has 1 aromatic heterocycles. The highest BCUT2D eigenvalue weighted by atomic mass is 32.2. The summed E-state index contributed by atoms with van der Waals surface area (Å²) >= 11 is 0. The lowest BCUT2D eigenvalue weighted by Gasteiger charge is -2.37. The molecule has 2 atom stereocenters. The molecule has 18 heavy (non-hydrogen) atoms. The number of anilines is 1. The molecule has 1 fully saturated rings. The van der Waals surface area contributed by atoms with Crippen LogP contribution in [0.15, 0.2) is 17.3 Å². The molecule has 0 aliphatic carbocycles. The summed E-state index contributed by atoms with van der Waals surface area (Å²) in [6.45, 7) is 5.88. The van der Waals surface area contributed by atoms with Crippen molar-refractivity contribution in [1.29, 1.82) is 0 Å². The van der Waals surface area contributed by atoms with Crippen molar-refractivity contribution in [2.24, 2.45) is 0 Å². The van der Waals surface area contributed by atoms with Crippen molar-refractivity contribution in [3.8, 4) is 0 Å². The first-order chi connectivity index (χ1) is 8.38. The van der Waals surface area contributed by atoms with Crippen LogP contribution in [0.3, 0.4) is 0 Å². The number of rotatable bonds is 2. The zero-order valence-electron chi connectivity index (χ0n) is 10.8. The Labute approximate surface area is 107 Å². The summed E-state index contributed by atoms with van der Waals surface area (Å²) in [5.41, 5.74) is 0. The molecule has 7 heteroatoms. The second kappa shape index (κ2) is 4.81. The van der Waals surface area contributed by atoms with E-state index in [1.54, 1.807) is 0 Å². The van der Waals surface area contributed by atoms with E-state index in [0.29, 0.717) is 18.0 Å². The van der Waals surface area contributed by atoms with Gasteiger partial charge in [0.1, 0.15) is 4.90 Å². The molecular formula is C11H18N4O2S. The molecule has 2 heterocycles. The van der Waals surface area contributed by atoms with Gasteiger partial charge in [-0.2, -0.15) is 0 Å². The van der Waals surface area contributed by atoms with Crippen molar-refractivity contribution >= 4 is 15.8 Å². The maximum atomic E-state index is 11.3. The third kappa shape index (κ3) is 2.78. The minimum absolute atomic E-state index is 0.155. The van der Waals surface area contributed by atoms with E-state index in [2.05, 4.69) is 34.0 Å². The molecule has 0 radical (unpaired) electrons. The summed E-state index contributed by atoms with van der Waals surface area (Å²) in [5, 5.41) is 3.37. The van der Waals surface area contributed by atoms with Gasteiger partial charge in [-0.05, 0) is 13.8 Å². The van der Waals surface area contributed by atoms with Gasteiger partial charge in [0.05, 0.1) is 12.4 Å². The lowest BCUT2D eigenvalue weighted by atomic mass is 10.1. The molecule has 6 nitrogen and oxygen atoms in total. The summed E-state index contributed by atoms with van der Waals surface area (Å²) < 4.78 is 22.7. The van der Waals surface area contributed by atoms with Crippen LogP contribution in [0.25, 0.3) is 0 Å². The second-order valence-corrected chi connectivity index (χ2v) is 6.82. The van der Waals surface area contributed by atoms with Crippen LogP contribution in [0.1, 0.15) is 13.8 Å². The van der Waals surface area contributed by atoms with Crippen LogP contribution in [0.2, 0.25) is 0 Å². The number of nitrogens with zero attached hydrogens (tertiary/aromatic N) is 3. The predicted molar refractivity (Wildman–Crippen MR) is 69.4 cm³/mol. The number of nitrogens with one attached hydrogen (secondary N) is 1. The van der Waals surface area contributed by atoms with Gasteiger partial charge in [-0.25, -0.2) is 18.4 Å². The Kier molecular flexibility index (Phi) is 3.54. The molecule has 1 N–H and O–H groups in total. The molecule has 100 valence electrons. The van der Waals surface area contributed by atoms with Crippen LogP contribution in [-0.4, -0.2) is 49.8 Å². The average Bonchev–Trinajstić information content (AvgIpc) is 2.31. The number of sulfone groups is 1. The van der Waals surface area contributed by atoms with Crippen LogP contribution in [0, 0.1) is 0 Å². The van der Waals surface area contributed by atoms with Crippen LogP contribution in [-0.2, 0) is 9.84 Å². The molecule has 0 spiro atoms. The molecule has 1 aliphatic heterocycles. The fraction of sp³-hybridized carbons (Fsp3) is 0.636. The van der Waals surface area contributed by atoms with Gasteiger partial charge in [-0.1, -0.05) is 0 Å². The third-order valence-electron chi connectivity index (χ3n) is 3.06. The van der Waals surface area contributed by atoms with Crippen molar-refractivity contribution in [3.05, 3.63) is 12.4 Å². The summed E-state index contributed by atoms with van der Waals surface area (Å²) in [4.78, 5) is 10.6. The van der Waals surface area contributed by atoms with E-state index >= 15 is 0 Å². The zero-order valence-corrected chi connectivity index (χ0v) is 11.6. The Hall–Kier alpha value is -1.21. The number of hydrogen-bond donors (Lipinski definition) is 1. The Morgan fingerprint density at radius 1 is 1.33 bits per heavy atom. The Bertz CT molecular complexity index is 514. The fourth-order valence-electron chi connectivity index (χ4n) is 1.95. The van der Waals surface area contributed by atoms with E-state index in [0.717, 1.165) is 19.3 Å². The molecule has 1 aliphatic rings. The van der Waals surface area contributed by atoms with Crippen LogP contribution < -0.4 is 10.2 Å². The highest BCUT2D eigenvalue weighted by Crippen LogP contribution is 2.16. The summed E-state index contributed by atoms with van der Waals surface area (Å²) in [5.74, 6) is 0.586.